The predicted octanol–water partition coefficient (Wildman–Crippen LogP) is 2.77. The molecular weight excluding hydrogens is 548 g/mol. The van der Waals surface area contributed by atoms with Gasteiger partial charge in [-0.15, -0.1) is 0 Å². The van der Waals surface area contributed by atoms with Gasteiger partial charge in [-0.25, -0.2) is 0 Å². The molecule has 1 aliphatic heterocycles. The Morgan fingerprint density at radius 2 is 1.60 bits per heavy atom. The van der Waals surface area contributed by atoms with Gasteiger partial charge in [-0.1, -0.05) is 84.9 Å². The molecule has 43 heavy (non-hydrogen) atoms. The summed E-state index contributed by atoms with van der Waals surface area (Å²) < 4.78 is 24.0. The number of methoxy groups -OCH3 is 1. The third kappa shape index (κ3) is 9.87. The van der Waals surface area contributed by atoms with Crippen molar-refractivity contribution < 1.29 is 28.8 Å². The van der Waals surface area contributed by atoms with Crippen LogP contribution in [0.4, 0.5) is 0 Å². The van der Waals surface area contributed by atoms with E-state index in [4.69, 9.17) is 30.4 Å². The van der Waals surface area contributed by atoms with Gasteiger partial charge in [-0.2, -0.15) is 0 Å². The van der Waals surface area contributed by atoms with E-state index in [0.717, 1.165) is 22.3 Å². The highest BCUT2D eigenvalue weighted by molar-refractivity contribution is 5.77. The zero-order valence-electron chi connectivity index (χ0n) is 24.5. The number of amides is 1. The number of aliphatic imine (C=N–C) groups is 1. The Kier molecular flexibility index (Phi) is 12.5. The second kappa shape index (κ2) is 16.7. The topological polar surface area (TPSA) is 151 Å². The van der Waals surface area contributed by atoms with Crippen LogP contribution in [0.5, 0.6) is 0 Å². The number of guanidine groups is 1. The van der Waals surface area contributed by atoms with E-state index < -0.39 is 30.6 Å². The fourth-order valence-corrected chi connectivity index (χ4v) is 4.97. The number of nitrogens with two attached hydrogens (primary N) is 2. The summed E-state index contributed by atoms with van der Waals surface area (Å²) in [5.41, 5.74) is 15.0. The van der Waals surface area contributed by atoms with Crippen LogP contribution in [0.1, 0.15) is 24.0 Å². The van der Waals surface area contributed by atoms with Crippen molar-refractivity contribution >= 4 is 11.9 Å². The van der Waals surface area contributed by atoms with Gasteiger partial charge in [0.25, 0.3) is 0 Å². The Morgan fingerprint density at radius 1 is 0.930 bits per heavy atom. The molecule has 3 aromatic rings. The Bertz CT molecular complexity index is 1270. The van der Waals surface area contributed by atoms with Crippen LogP contribution in [0.15, 0.2) is 89.9 Å². The number of carbonyl (C=O) groups is 1. The Hall–Kier alpha value is -3.80. The molecule has 1 aliphatic rings. The lowest BCUT2D eigenvalue weighted by molar-refractivity contribution is -0.279. The minimum atomic E-state index is -1.08. The number of ether oxygens (including phenoxy) is 4. The van der Waals surface area contributed by atoms with Crippen LogP contribution in [0.3, 0.4) is 0 Å². The van der Waals surface area contributed by atoms with E-state index in [2.05, 4.69) is 22.4 Å². The summed E-state index contributed by atoms with van der Waals surface area (Å²) in [6.45, 7) is 1.01. The van der Waals surface area contributed by atoms with E-state index in [1.165, 1.54) is 7.11 Å². The van der Waals surface area contributed by atoms with E-state index in [-0.39, 0.29) is 31.5 Å². The molecule has 1 fully saturated rings. The number of carbonyl (C=O) groups excluding carboxylic acids is 1. The first kappa shape index (κ1) is 32.1. The van der Waals surface area contributed by atoms with Crippen LogP contribution < -0.4 is 16.8 Å². The Morgan fingerprint density at radius 3 is 2.28 bits per heavy atom. The molecule has 1 amide bonds. The van der Waals surface area contributed by atoms with Gasteiger partial charge >= 0.3 is 0 Å². The van der Waals surface area contributed by atoms with E-state index in [0.29, 0.717) is 26.0 Å². The highest BCUT2D eigenvalue weighted by atomic mass is 16.7. The molecule has 3 aromatic carbocycles. The number of hydrogen-bond donors (Lipinski definition) is 4. The predicted molar refractivity (Wildman–Crippen MR) is 165 cm³/mol. The second-order valence-corrected chi connectivity index (χ2v) is 10.4. The molecule has 10 nitrogen and oxygen atoms in total. The van der Waals surface area contributed by atoms with Crippen molar-refractivity contribution in [2.45, 2.75) is 56.5 Å². The number of rotatable bonds is 15. The highest BCUT2D eigenvalue weighted by Gasteiger charge is 2.47. The van der Waals surface area contributed by atoms with Gasteiger partial charge in [-0.3, -0.25) is 9.79 Å². The molecule has 0 aromatic heterocycles. The monoisotopic (exact) mass is 590 g/mol. The molecule has 0 aliphatic carbocycles. The largest absolute Gasteiger partial charge is 0.388 e. The first-order valence-corrected chi connectivity index (χ1v) is 14.5. The van der Waals surface area contributed by atoms with Crippen molar-refractivity contribution in [3.8, 4) is 11.1 Å². The highest BCUT2D eigenvalue weighted by Crippen LogP contribution is 2.27. The maximum absolute atomic E-state index is 13.0. The minimum Gasteiger partial charge on any atom is -0.388 e. The quantitative estimate of drug-likeness (QED) is 0.120. The number of hydrogen-bond acceptors (Lipinski definition) is 7. The number of aliphatic hydroxyl groups excluding tert-OH is 1. The van der Waals surface area contributed by atoms with Gasteiger partial charge in [0.1, 0.15) is 24.4 Å². The minimum absolute atomic E-state index is 0.0226. The molecule has 4 rings (SSSR count). The molecule has 5 atom stereocenters. The molecule has 230 valence electrons. The zero-order chi connectivity index (χ0) is 30.4. The fraction of sp³-hybridized carbons (Fsp3) is 0.394. The summed E-state index contributed by atoms with van der Waals surface area (Å²) in [4.78, 5) is 16.9. The summed E-state index contributed by atoms with van der Waals surface area (Å²) in [6.07, 6.45) is -2.22. The standard InChI is InChI=1S/C33H42N4O6/c1-40-22-27-30(39)31(42-21-24-14-16-26(17-15-24)25-11-6-3-7-12-25)29(37-28(38)13-8-19-36-33(34)35)32(43-27)41-20-18-23-9-4-2-5-10-23/h2-7,9-12,14-17,27,29-32,39H,8,13,18-22H2,1H3,(H,37,38)(H4,34,35,36)/t27-,29-,30-,31-,32?/m1/s1. The molecule has 0 radical (unpaired) electrons. The maximum Gasteiger partial charge on any atom is 0.220 e. The summed E-state index contributed by atoms with van der Waals surface area (Å²) in [5, 5.41) is 14.3. The SMILES string of the molecule is COC[C@H]1OC(OCCc2ccccc2)[C@H](NC(=O)CCCN=C(N)N)[C@@H](OCc2ccc(-c3ccccc3)cc2)[C@@H]1O. The Labute approximate surface area is 253 Å². The van der Waals surface area contributed by atoms with Crippen molar-refractivity contribution in [1.29, 1.82) is 0 Å². The maximum atomic E-state index is 13.0. The first-order chi connectivity index (χ1) is 20.9. The smallest absolute Gasteiger partial charge is 0.220 e. The summed E-state index contributed by atoms with van der Waals surface area (Å²) in [5.74, 6) is -0.278. The van der Waals surface area contributed by atoms with Gasteiger partial charge in [0.2, 0.25) is 5.91 Å². The van der Waals surface area contributed by atoms with Gasteiger partial charge in [0.15, 0.2) is 12.2 Å². The number of aliphatic hydroxyl groups is 1. The van der Waals surface area contributed by atoms with Crippen LogP contribution in [-0.2, 0) is 36.8 Å². The number of nitrogens with zero attached hydrogens (tertiary/aromatic N) is 1. The third-order valence-corrected chi connectivity index (χ3v) is 7.21. The summed E-state index contributed by atoms with van der Waals surface area (Å²) >= 11 is 0. The molecule has 10 heteroatoms. The summed E-state index contributed by atoms with van der Waals surface area (Å²) in [7, 11) is 1.54. The molecule has 1 saturated heterocycles. The lowest BCUT2D eigenvalue weighted by atomic mass is 9.96. The molecule has 1 heterocycles. The van der Waals surface area contributed by atoms with Crippen molar-refractivity contribution in [3.63, 3.8) is 0 Å². The van der Waals surface area contributed by atoms with Gasteiger partial charge < -0.3 is 40.8 Å². The van der Waals surface area contributed by atoms with Crippen molar-refractivity contribution in [2.24, 2.45) is 16.5 Å². The Balaban J connectivity index is 1.48. The summed E-state index contributed by atoms with van der Waals surface area (Å²) in [6, 6.07) is 27.3. The van der Waals surface area contributed by atoms with Gasteiger partial charge in [0, 0.05) is 20.1 Å². The second-order valence-electron chi connectivity index (χ2n) is 10.4. The average molecular weight is 591 g/mol. The van der Waals surface area contributed by atoms with Crippen LogP contribution in [0.2, 0.25) is 0 Å². The van der Waals surface area contributed by atoms with Crippen molar-refractivity contribution in [2.75, 3.05) is 26.9 Å². The van der Waals surface area contributed by atoms with E-state index in [1.54, 1.807) is 0 Å². The van der Waals surface area contributed by atoms with E-state index in [9.17, 15) is 9.90 Å². The van der Waals surface area contributed by atoms with Crippen molar-refractivity contribution in [1.82, 2.24) is 5.32 Å². The molecule has 0 spiro atoms. The molecule has 6 N–H and O–H groups in total. The number of benzene rings is 3. The normalized spacial score (nSPS) is 21.7. The molecule has 0 saturated carbocycles. The van der Waals surface area contributed by atoms with Crippen LogP contribution >= 0.6 is 0 Å². The third-order valence-electron chi connectivity index (χ3n) is 7.21. The van der Waals surface area contributed by atoms with Crippen LogP contribution in [0.25, 0.3) is 11.1 Å². The molecular formula is C33H42N4O6. The first-order valence-electron chi connectivity index (χ1n) is 14.5. The zero-order valence-corrected chi connectivity index (χ0v) is 24.5. The van der Waals surface area contributed by atoms with Gasteiger partial charge in [0.05, 0.1) is 19.8 Å². The van der Waals surface area contributed by atoms with Gasteiger partial charge in [-0.05, 0) is 35.1 Å². The molecule has 1 unspecified atom stereocenters. The fourth-order valence-electron chi connectivity index (χ4n) is 4.97. The lowest BCUT2D eigenvalue weighted by Crippen LogP contribution is -2.65. The van der Waals surface area contributed by atoms with E-state index in [1.807, 2.05) is 72.8 Å². The van der Waals surface area contributed by atoms with Crippen molar-refractivity contribution in [3.05, 3.63) is 96.1 Å². The van der Waals surface area contributed by atoms with Crippen LogP contribution in [-0.4, -0.2) is 74.5 Å². The average Bonchev–Trinajstić information content (AvgIpc) is 3.02. The van der Waals surface area contributed by atoms with E-state index >= 15 is 0 Å². The number of nitrogens with one attached hydrogen (secondary N) is 1. The molecule has 0 bridgehead atoms. The van der Waals surface area contributed by atoms with Crippen LogP contribution in [0, 0.1) is 0 Å². The lowest BCUT2D eigenvalue weighted by Gasteiger charge is -2.44.